The van der Waals surface area contributed by atoms with Crippen molar-refractivity contribution < 1.29 is 14.3 Å². The molecule has 0 bridgehead atoms. The third kappa shape index (κ3) is 4.03. The van der Waals surface area contributed by atoms with Crippen molar-refractivity contribution in [1.82, 2.24) is 19.8 Å². The number of hydrogen-bond donors (Lipinski definition) is 1. The van der Waals surface area contributed by atoms with Gasteiger partial charge in [0.15, 0.2) is 0 Å². The topological polar surface area (TPSA) is 90.9 Å². The van der Waals surface area contributed by atoms with Gasteiger partial charge in [-0.15, -0.1) is 0 Å². The Balaban J connectivity index is 1.45. The number of hydrogen-bond acceptors (Lipinski definition) is 7. The van der Waals surface area contributed by atoms with E-state index >= 15 is 0 Å². The molecular formula is C25H32N6O3. The van der Waals surface area contributed by atoms with E-state index in [9.17, 15) is 9.59 Å². The number of fused-ring (bicyclic) bond motifs is 2. The van der Waals surface area contributed by atoms with E-state index in [0.717, 1.165) is 29.9 Å². The lowest BCUT2D eigenvalue weighted by molar-refractivity contribution is -0.129. The summed E-state index contributed by atoms with van der Waals surface area (Å²) in [5, 5.41) is 3.57. The summed E-state index contributed by atoms with van der Waals surface area (Å²) >= 11 is 0. The van der Waals surface area contributed by atoms with Crippen LogP contribution in [0, 0.1) is 0 Å². The number of nitrogens with zero attached hydrogens (tertiary/aromatic N) is 5. The zero-order valence-electron chi connectivity index (χ0n) is 20.3. The maximum absolute atomic E-state index is 13.2. The SMILES string of the molecule is CC(=O)N1CCN(c2nc(NC(C)c3ccc4c(c3)CCO4)c3c(n2)C(=O)N(C(C)C)C3)CC1. The molecule has 3 aliphatic heterocycles. The van der Waals surface area contributed by atoms with Crippen LogP contribution in [0.5, 0.6) is 5.75 Å². The third-order valence-electron chi connectivity index (χ3n) is 6.99. The average molecular weight is 465 g/mol. The predicted molar refractivity (Wildman–Crippen MR) is 129 cm³/mol. The number of ether oxygens (including phenoxy) is 1. The standard InChI is InChI=1S/C25H32N6O3/c1-15(2)31-14-20-22(24(31)33)27-25(30-10-8-29(9-11-30)17(4)32)28-23(20)26-16(3)18-5-6-21-19(13-18)7-12-34-21/h5-6,13,15-16H,7-12,14H2,1-4H3,(H,26,27,28). The molecule has 0 spiro atoms. The summed E-state index contributed by atoms with van der Waals surface area (Å²) in [7, 11) is 0. The van der Waals surface area contributed by atoms with Gasteiger partial charge < -0.3 is 24.8 Å². The first-order valence-corrected chi connectivity index (χ1v) is 12.1. The summed E-state index contributed by atoms with van der Waals surface area (Å²) < 4.78 is 5.65. The van der Waals surface area contributed by atoms with Crippen molar-refractivity contribution in [3.8, 4) is 5.75 Å². The van der Waals surface area contributed by atoms with Crippen LogP contribution in [0.1, 0.15) is 60.9 Å². The molecule has 0 saturated carbocycles. The van der Waals surface area contributed by atoms with E-state index in [1.807, 2.05) is 29.7 Å². The molecule has 9 nitrogen and oxygen atoms in total. The molecule has 1 atom stereocenters. The fraction of sp³-hybridized carbons (Fsp3) is 0.520. The summed E-state index contributed by atoms with van der Waals surface area (Å²) in [4.78, 5) is 40.2. The van der Waals surface area contributed by atoms with Gasteiger partial charge in [0.2, 0.25) is 11.9 Å². The maximum atomic E-state index is 13.2. The number of carbonyl (C=O) groups is 2. The Bertz CT molecular complexity index is 1130. The zero-order chi connectivity index (χ0) is 24.0. The quantitative estimate of drug-likeness (QED) is 0.727. The van der Waals surface area contributed by atoms with Gasteiger partial charge in [0, 0.05) is 57.2 Å². The van der Waals surface area contributed by atoms with E-state index in [0.29, 0.717) is 50.2 Å². The zero-order valence-corrected chi connectivity index (χ0v) is 20.3. The van der Waals surface area contributed by atoms with Crippen molar-refractivity contribution in [1.29, 1.82) is 0 Å². The Kier molecular flexibility index (Phi) is 5.79. The molecule has 4 heterocycles. The smallest absolute Gasteiger partial charge is 0.273 e. The summed E-state index contributed by atoms with van der Waals surface area (Å²) in [5.74, 6) is 2.23. The van der Waals surface area contributed by atoms with Crippen LogP contribution in [0.25, 0.3) is 0 Å². The minimum absolute atomic E-state index is 0.00416. The van der Waals surface area contributed by atoms with Crippen LogP contribution in [0.4, 0.5) is 11.8 Å². The predicted octanol–water partition coefficient (Wildman–Crippen LogP) is 2.62. The number of piperazine rings is 1. The lowest BCUT2D eigenvalue weighted by atomic mass is 10.0. The van der Waals surface area contributed by atoms with Gasteiger partial charge in [-0.1, -0.05) is 6.07 Å². The number of rotatable bonds is 5. The number of benzene rings is 1. The normalized spacial score (nSPS) is 18.1. The van der Waals surface area contributed by atoms with Crippen LogP contribution in [0.15, 0.2) is 18.2 Å². The second kappa shape index (κ2) is 8.77. The molecule has 0 aliphatic carbocycles. The second-order valence-corrected chi connectivity index (χ2v) is 9.55. The van der Waals surface area contributed by atoms with Crippen LogP contribution in [0.2, 0.25) is 0 Å². The van der Waals surface area contributed by atoms with Crippen LogP contribution in [0.3, 0.4) is 0 Å². The Morgan fingerprint density at radius 2 is 1.88 bits per heavy atom. The second-order valence-electron chi connectivity index (χ2n) is 9.55. The number of amides is 2. The highest BCUT2D eigenvalue weighted by molar-refractivity contribution is 5.98. The van der Waals surface area contributed by atoms with Gasteiger partial charge in [-0.2, -0.15) is 4.98 Å². The Morgan fingerprint density at radius 1 is 1.12 bits per heavy atom. The largest absolute Gasteiger partial charge is 0.493 e. The van der Waals surface area contributed by atoms with Crippen molar-refractivity contribution in [3.05, 3.63) is 40.6 Å². The van der Waals surface area contributed by atoms with Crippen LogP contribution < -0.4 is 15.0 Å². The van der Waals surface area contributed by atoms with Crippen LogP contribution in [-0.2, 0) is 17.8 Å². The van der Waals surface area contributed by atoms with E-state index in [2.05, 4.69) is 29.3 Å². The first kappa shape index (κ1) is 22.4. The number of aromatic nitrogens is 2. The van der Waals surface area contributed by atoms with Crippen molar-refractivity contribution >= 4 is 23.6 Å². The molecule has 0 radical (unpaired) electrons. The van der Waals surface area contributed by atoms with Gasteiger partial charge >= 0.3 is 0 Å². The molecule has 1 aromatic carbocycles. The molecule has 1 unspecified atom stereocenters. The highest BCUT2D eigenvalue weighted by atomic mass is 16.5. The molecule has 9 heteroatoms. The minimum Gasteiger partial charge on any atom is -0.493 e. The fourth-order valence-electron chi connectivity index (χ4n) is 4.84. The average Bonchev–Trinajstić information content (AvgIpc) is 3.43. The monoisotopic (exact) mass is 464 g/mol. The van der Waals surface area contributed by atoms with Gasteiger partial charge in [0.05, 0.1) is 13.2 Å². The summed E-state index contributed by atoms with van der Waals surface area (Å²) in [5.41, 5.74) is 3.70. The lowest BCUT2D eigenvalue weighted by Gasteiger charge is -2.34. The first-order chi connectivity index (χ1) is 16.3. The van der Waals surface area contributed by atoms with Gasteiger partial charge in [-0.3, -0.25) is 9.59 Å². The van der Waals surface area contributed by atoms with Crippen molar-refractivity contribution in [2.75, 3.05) is 43.0 Å². The molecule has 2 aromatic rings. The Morgan fingerprint density at radius 3 is 2.59 bits per heavy atom. The summed E-state index contributed by atoms with van der Waals surface area (Å²) in [6.07, 6.45) is 0.924. The third-order valence-corrected chi connectivity index (χ3v) is 6.99. The fourth-order valence-corrected chi connectivity index (χ4v) is 4.84. The minimum atomic E-state index is -0.0543. The van der Waals surface area contributed by atoms with Gasteiger partial charge in [-0.05, 0) is 44.0 Å². The van der Waals surface area contributed by atoms with E-state index in [1.54, 1.807) is 6.92 Å². The molecule has 2 amide bonds. The number of carbonyl (C=O) groups excluding carboxylic acids is 2. The molecule has 1 N–H and O–H groups in total. The molecular weight excluding hydrogens is 432 g/mol. The number of anilines is 2. The first-order valence-electron chi connectivity index (χ1n) is 12.1. The Hall–Kier alpha value is -3.36. The highest BCUT2D eigenvalue weighted by Gasteiger charge is 2.35. The van der Waals surface area contributed by atoms with E-state index < -0.39 is 0 Å². The molecule has 5 rings (SSSR count). The van der Waals surface area contributed by atoms with Gasteiger partial charge in [0.1, 0.15) is 17.3 Å². The number of nitrogens with one attached hydrogen (secondary N) is 1. The molecule has 3 aliphatic rings. The van der Waals surface area contributed by atoms with E-state index in [4.69, 9.17) is 14.7 Å². The summed E-state index contributed by atoms with van der Waals surface area (Å²) in [6, 6.07) is 6.37. The molecule has 1 aromatic heterocycles. The van der Waals surface area contributed by atoms with E-state index in [1.165, 1.54) is 5.56 Å². The van der Waals surface area contributed by atoms with Crippen LogP contribution >= 0.6 is 0 Å². The Labute approximate surface area is 200 Å². The van der Waals surface area contributed by atoms with Crippen LogP contribution in [-0.4, -0.2) is 70.4 Å². The highest BCUT2D eigenvalue weighted by Crippen LogP contribution is 2.34. The van der Waals surface area contributed by atoms with E-state index in [-0.39, 0.29) is 23.9 Å². The molecule has 1 fully saturated rings. The maximum Gasteiger partial charge on any atom is 0.273 e. The lowest BCUT2D eigenvalue weighted by Crippen LogP contribution is -2.48. The molecule has 1 saturated heterocycles. The molecule has 34 heavy (non-hydrogen) atoms. The molecule has 180 valence electrons. The summed E-state index contributed by atoms with van der Waals surface area (Å²) in [6.45, 7) is 11.5. The van der Waals surface area contributed by atoms with Crippen molar-refractivity contribution in [3.63, 3.8) is 0 Å². The van der Waals surface area contributed by atoms with Crippen molar-refractivity contribution in [2.24, 2.45) is 0 Å². The van der Waals surface area contributed by atoms with Crippen molar-refractivity contribution in [2.45, 2.75) is 52.7 Å². The van der Waals surface area contributed by atoms with Gasteiger partial charge in [0.25, 0.3) is 5.91 Å². The van der Waals surface area contributed by atoms with Gasteiger partial charge in [-0.25, -0.2) is 4.98 Å².